The molecule has 3 rings (SSSR count). The zero-order valence-corrected chi connectivity index (χ0v) is 10.4. The summed E-state index contributed by atoms with van der Waals surface area (Å²) in [6.07, 6.45) is 2.79. The Balaban J connectivity index is 2.05. The molecule has 16 heavy (non-hydrogen) atoms. The molecule has 86 valence electrons. The topological polar surface area (TPSA) is 9.23 Å². The van der Waals surface area contributed by atoms with Crippen molar-refractivity contribution in [3.8, 4) is 5.75 Å². The highest BCUT2D eigenvalue weighted by atomic mass is 16.5. The fourth-order valence-corrected chi connectivity index (χ4v) is 2.75. The lowest BCUT2D eigenvalue weighted by atomic mass is 9.83. The van der Waals surface area contributed by atoms with Gasteiger partial charge in [-0.05, 0) is 29.7 Å². The predicted molar refractivity (Wildman–Crippen MR) is 66.1 cm³/mol. The van der Waals surface area contributed by atoms with Gasteiger partial charge in [0.25, 0.3) is 0 Å². The Morgan fingerprint density at radius 3 is 2.56 bits per heavy atom. The molecular weight excluding hydrogens is 196 g/mol. The molecule has 0 spiro atoms. The minimum absolute atomic E-state index is 0.184. The van der Waals surface area contributed by atoms with E-state index in [-0.39, 0.29) is 5.41 Å². The van der Waals surface area contributed by atoms with E-state index >= 15 is 0 Å². The lowest BCUT2D eigenvalue weighted by Crippen LogP contribution is -2.12. The molecule has 0 bridgehead atoms. The molecule has 0 saturated heterocycles. The van der Waals surface area contributed by atoms with E-state index < -0.39 is 0 Å². The summed E-state index contributed by atoms with van der Waals surface area (Å²) in [5, 5.41) is 0. The van der Waals surface area contributed by atoms with E-state index in [9.17, 15) is 0 Å². The average molecular weight is 216 g/mol. The van der Waals surface area contributed by atoms with Gasteiger partial charge >= 0.3 is 0 Å². The second kappa shape index (κ2) is 3.26. The smallest absolute Gasteiger partial charge is 0.126 e. The normalized spacial score (nSPS) is 24.1. The second-order valence-electron chi connectivity index (χ2n) is 6.23. The Kier molecular flexibility index (Phi) is 2.07. The van der Waals surface area contributed by atoms with E-state index in [1.807, 2.05) is 0 Å². The van der Waals surface area contributed by atoms with Crippen LogP contribution in [0.2, 0.25) is 0 Å². The van der Waals surface area contributed by atoms with E-state index in [2.05, 4.69) is 39.0 Å². The van der Waals surface area contributed by atoms with Crippen LogP contribution in [-0.4, -0.2) is 6.61 Å². The van der Waals surface area contributed by atoms with Gasteiger partial charge in [-0.25, -0.2) is 0 Å². The van der Waals surface area contributed by atoms with Crippen molar-refractivity contribution >= 4 is 0 Å². The van der Waals surface area contributed by atoms with Crippen LogP contribution in [0.4, 0.5) is 0 Å². The van der Waals surface area contributed by atoms with Gasteiger partial charge in [0.15, 0.2) is 0 Å². The molecule has 1 heterocycles. The van der Waals surface area contributed by atoms with Crippen molar-refractivity contribution in [2.24, 2.45) is 5.92 Å². The summed E-state index contributed by atoms with van der Waals surface area (Å²) >= 11 is 0. The summed E-state index contributed by atoms with van der Waals surface area (Å²) in [4.78, 5) is 0. The number of fused-ring (bicyclic) bond motifs is 1. The molecule has 1 aliphatic carbocycles. The first-order valence-corrected chi connectivity index (χ1v) is 6.33. The highest BCUT2D eigenvalue weighted by Crippen LogP contribution is 2.50. The molecule has 1 aromatic carbocycles. The Labute approximate surface area is 97.8 Å². The maximum absolute atomic E-state index is 5.97. The van der Waals surface area contributed by atoms with Crippen LogP contribution < -0.4 is 4.74 Å². The predicted octanol–water partition coefficient (Wildman–Crippen LogP) is 3.87. The number of ether oxygens (including phenoxy) is 1. The maximum atomic E-state index is 5.97. The van der Waals surface area contributed by atoms with E-state index in [0.717, 1.165) is 12.5 Å². The molecule has 2 aliphatic rings. The van der Waals surface area contributed by atoms with Gasteiger partial charge in [0.05, 0.1) is 6.61 Å². The third-order valence-electron chi connectivity index (χ3n) is 3.85. The van der Waals surface area contributed by atoms with Crippen molar-refractivity contribution in [1.82, 2.24) is 0 Å². The van der Waals surface area contributed by atoms with E-state index in [0.29, 0.717) is 5.92 Å². The monoisotopic (exact) mass is 216 g/mol. The summed E-state index contributed by atoms with van der Waals surface area (Å²) < 4.78 is 5.97. The van der Waals surface area contributed by atoms with Crippen molar-refractivity contribution in [2.75, 3.05) is 6.61 Å². The zero-order chi connectivity index (χ0) is 11.3. The van der Waals surface area contributed by atoms with Gasteiger partial charge in [0, 0.05) is 11.5 Å². The molecule has 1 nitrogen and oxygen atoms in total. The summed E-state index contributed by atoms with van der Waals surface area (Å²) in [6, 6.07) is 6.68. The summed E-state index contributed by atoms with van der Waals surface area (Å²) in [5.41, 5.74) is 3.02. The van der Waals surface area contributed by atoms with Gasteiger partial charge in [-0.2, -0.15) is 0 Å². The first-order chi connectivity index (χ1) is 7.57. The quantitative estimate of drug-likeness (QED) is 0.692. The Bertz CT molecular complexity index is 410. The Hall–Kier alpha value is -0.980. The molecule has 0 N–H and O–H groups in total. The molecule has 1 aromatic rings. The van der Waals surface area contributed by atoms with Crippen LogP contribution >= 0.6 is 0 Å². The molecule has 0 amide bonds. The molecule has 1 heteroatoms. The summed E-state index contributed by atoms with van der Waals surface area (Å²) in [5.74, 6) is 2.76. The van der Waals surface area contributed by atoms with E-state index in [4.69, 9.17) is 4.74 Å². The Morgan fingerprint density at radius 1 is 1.19 bits per heavy atom. The van der Waals surface area contributed by atoms with Gasteiger partial charge in [-0.1, -0.05) is 39.0 Å². The minimum atomic E-state index is 0.184. The lowest BCUT2D eigenvalue weighted by Gasteiger charge is -2.21. The van der Waals surface area contributed by atoms with Crippen molar-refractivity contribution < 1.29 is 4.74 Å². The molecule has 0 aromatic heterocycles. The van der Waals surface area contributed by atoms with Crippen molar-refractivity contribution in [3.63, 3.8) is 0 Å². The van der Waals surface area contributed by atoms with Crippen LogP contribution in [0, 0.1) is 5.92 Å². The fourth-order valence-electron chi connectivity index (χ4n) is 2.75. The highest BCUT2D eigenvalue weighted by Gasteiger charge is 2.39. The molecule has 0 radical (unpaired) electrons. The number of benzene rings is 1. The number of hydrogen-bond donors (Lipinski definition) is 0. The first kappa shape index (κ1) is 10.2. The van der Waals surface area contributed by atoms with Crippen LogP contribution in [0.25, 0.3) is 0 Å². The van der Waals surface area contributed by atoms with E-state index in [1.165, 1.54) is 29.7 Å². The molecule has 1 unspecified atom stereocenters. The molecular formula is C15H20O. The van der Waals surface area contributed by atoms with Gasteiger partial charge < -0.3 is 4.74 Å². The number of hydrogen-bond acceptors (Lipinski definition) is 1. The molecule has 1 saturated carbocycles. The van der Waals surface area contributed by atoms with Crippen LogP contribution in [0.3, 0.4) is 0 Å². The van der Waals surface area contributed by atoms with Crippen LogP contribution in [0.1, 0.15) is 50.7 Å². The van der Waals surface area contributed by atoms with Gasteiger partial charge in [0.1, 0.15) is 5.75 Å². The molecule has 1 fully saturated rings. The standard InChI is InChI=1S/C15H20O/c1-15(2,3)13-6-4-5-11-12(10-7-8-10)9-16-14(11)13/h4-6,10,12H,7-9H2,1-3H3. The third kappa shape index (κ3) is 1.53. The lowest BCUT2D eigenvalue weighted by molar-refractivity contribution is 0.313. The summed E-state index contributed by atoms with van der Waals surface area (Å²) in [6.45, 7) is 7.69. The van der Waals surface area contributed by atoms with Gasteiger partial charge in [0.2, 0.25) is 0 Å². The maximum Gasteiger partial charge on any atom is 0.126 e. The SMILES string of the molecule is CC(C)(C)c1cccc2c1OCC2C1CC1. The molecule has 1 aliphatic heterocycles. The number of para-hydroxylation sites is 1. The van der Waals surface area contributed by atoms with Crippen molar-refractivity contribution in [3.05, 3.63) is 29.3 Å². The van der Waals surface area contributed by atoms with Crippen LogP contribution in [0.15, 0.2) is 18.2 Å². The average Bonchev–Trinajstić information content (AvgIpc) is 2.96. The van der Waals surface area contributed by atoms with Crippen molar-refractivity contribution in [1.29, 1.82) is 0 Å². The third-order valence-corrected chi connectivity index (χ3v) is 3.85. The molecule has 1 atom stereocenters. The van der Waals surface area contributed by atoms with Crippen LogP contribution in [-0.2, 0) is 5.41 Å². The highest BCUT2D eigenvalue weighted by molar-refractivity contribution is 5.49. The minimum Gasteiger partial charge on any atom is -0.492 e. The fraction of sp³-hybridized carbons (Fsp3) is 0.600. The van der Waals surface area contributed by atoms with E-state index in [1.54, 1.807) is 0 Å². The largest absolute Gasteiger partial charge is 0.492 e. The van der Waals surface area contributed by atoms with Crippen LogP contribution in [0.5, 0.6) is 5.75 Å². The second-order valence-corrected chi connectivity index (χ2v) is 6.23. The van der Waals surface area contributed by atoms with Gasteiger partial charge in [-0.3, -0.25) is 0 Å². The first-order valence-electron chi connectivity index (χ1n) is 6.33. The Morgan fingerprint density at radius 2 is 1.94 bits per heavy atom. The summed E-state index contributed by atoms with van der Waals surface area (Å²) in [7, 11) is 0. The zero-order valence-electron chi connectivity index (χ0n) is 10.4. The van der Waals surface area contributed by atoms with Crippen molar-refractivity contribution in [2.45, 2.75) is 44.9 Å². The number of rotatable bonds is 1. The van der Waals surface area contributed by atoms with Gasteiger partial charge in [-0.15, -0.1) is 0 Å².